The van der Waals surface area contributed by atoms with Crippen LogP contribution in [0.15, 0.2) is 133 Å². The molecule has 11 heteroatoms. The summed E-state index contributed by atoms with van der Waals surface area (Å²) in [6, 6.07) is 39.2. The maximum absolute atomic E-state index is 9.24. The highest BCUT2D eigenvalue weighted by molar-refractivity contribution is 6.76. The van der Waals surface area contributed by atoms with Crippen LogP contribution >= 0.6 is 0 Å². The van der Waals surface area contributed by atoms with Crippen LogP contribution in [0.2, 0.25) is 25.7 Å². The summed E-state index contributed by atoms with van der Waals surface area (Å²) in [6.07, 6.45) is 8.33. The number of hydrogen-bond acceptors (Lipinski definition) is 9. The van der Waals surface area contributed by atoms with Crippen LogP contribution in [0.1, 0.15) is 29.8 Å². The first-order valence-electron chi connectivity index (χ1n) is 20.7. The van der Waals surface area contributed by atoms with Gasteiger partial charge in [-0.1, -0.05) is 43.9 Å². The number of aromatic nitrogens is 4. The fourth-order valence-corrected chi connectivity index (χ4v) is 7.97. The molecule has 0 bridgehead atoms. The number of fused-ring (bicyclic) bond motifs is 2. The number of hydrogen-bond donors (Lipinski definition) is 1. The second-order valence-electron chi connectivity index (χ2n) is 16.5. The lowest BCUT2D eigenvalue weighted by Gasteiger charge is -2.16. The minimum atomic E-state index is -1.10. The Balaban J connectivity index is 0.000000167. The van der Waals surface area contributed by atoms with E-state index in [2.05, 4.69) is 76.0 Å². The monoisotopic (exact) mass is 816 g/mol. The smallest absolute Gasteiger partial charge is 0.139 e. The number of ether oxygens (including phenoxy) is 3. The Bertz CT molecular complexity index is 2590. The van der Waals surface area contributed by atoms with Crippen molar-refractivity contribution in [2.24, 2.45) is 4.99 Å². The van der Waals surface area contributed by atoms with E-state index in [-0.39, 0.29) is 6.61 Å². The zero-order valence-electron chi connectivity index (χ0n) is 34.6. The normalized spacial score (nSPS) is 14.0. The molecule has 0 unspecified atom stereocenters. The number of aliphatic hydroxyl groups excluding tert-OH is 1. The van der Waals surface area contributed by atoms with Crippen molar-refractivity contribution in [3.63, 3.8) is 0 Å². The van der Waals surface area contributed by atoms with Crippen LogP contribution in [0.25, 0.3) is 38.6 Å². The SMILES string of the molecule is C1=NCC(c2ccc(Oc3ccc4nc(CN5CCCC5)ccc4c3)cc2)=C1.C[Si](C)(C)CCOCn1nccc1-c1ccc(Oc2ccc3nc(CO)ccc3c2)cc1. The maximum atomic E-state index is 9.24. The van der Waals surface area contributed by atoms with Crippen molar-refractivity contribution in [1.29, 1.82) is 0 Å². The van der Waals surface area contributed by atoms with Crippen molar-refractivity contribution in [3.8, 4) is 34.3 Å². The highest BCUT2D eigenvalue weighted by atomic mass is 28.3. The molecule has 1 fully saturated rings. The van der Waals surface area contributed by atoms with Crippen molar-refractivity contribution >= 4 is 41.7 Å². The van der Waals surface area contributed by atoms with Gasteiger partial charge in [0.15, 0.2) is 0 Å². The fraction of sp³-hybridized carbons (Fsp3) is 0.265. The largest absolute Gasteiger partial charge is 0.457 e. The molecule has 0 atom stereocenters. The van der Waals surface area contributed by atoms with Gasteiger partial charge in [0.05, 0.1) is 41.3 Å². The molecule has 10 nitrogen and oxygen atoms in total. The molecule has 0 radical (unpaired) electrons. The number of likely N-dealkylation sites (tertiary alicyclic amines) is 1. The van der Waals surface area contributed by atoms with Crippen molar-refractivity contribution in [2.45, 2.75) is 58.4 Å². The predicted octanol–water partition coefficient (Wildman–Crippen LogP) is 10.8. The summed E-state index contributed by atoms with van der Waals surface area (Å²) in [5.74, 6) is 3.16. The van der Waals surface area contributed by atoms with E-state index in [4.69, 9.17) is 19.2 Å². The molecular formula is C49H52N6O4Si. The number of benzene rings is 4. The lowest BCUT2D eigenvalue weighted by atomic mass is 10.1. The van der Waals surface area contributed by atoms with Gasteiger partial charge < -0.3 is 19.3 Å². The Labute approximate surface area is 352 Å². The van der Waals surface area contributed by atoms with Crippen LogP contribution in [-0.4, -0.2) is 70.3 Å². The summed E-state index contributed by atoms with van der Waals surface area (Å²) in [7, 11) is -1.10. The molecule has 60 heavy (non-hydrogen) atoms. The van der Waals surface area contributed by atoms with Gasteiger partial charge in [0.25, 0.3) is 0 Å². The molecule has 9 rings (SSSR count). The van der Waals surface area contributed by atoms with Gasteiger partial charge in [-0.15, -0.1) is 0 Å². The molecule has 306 valence electrons. The molecule has 0 saturated carbocycles. The summed E-state index contributed by atoms with van der Waals surface area (Å²) in [5.41, 5.74) is 8.16. The first-order chi connectivity index (χ1) is 29.2. The highest BCUT2D eigenvalue weighted by Gasteiger charge is 2.14. The molecule has 3 aromatic heterocycles. The molecule has 5 heterocycles. The third kappa shape index (κ3) is 10.8. The Morgan fingerprint density at radius 3 is 1.87 bits per heavy atom. The first-order valence-corrected chi connectivity index (χ1v) is 24.4. The van der Waals surface area contributed by atoms with Gasteiger partial charge in [-0.05, 0) is 140 Å². The quantitative estimate of drug-likeness (QED) is 0.0854. The Hall–Kier alpha value is -5.98. The van der Waals surface area contributed by atoms with Gasteiger partial charge in [-0.3, -0.25) is 19.9 Å². The van der Waals surface area contributed by atoms with E-state index in [1.165, 1.54) is 37.1 Å². The van der Waals surface area contributed by atoms with Crippen molar-refractivity contribution in [1.82, 2.24) is 24.6 Å². The summed E-state index contributed by atoms with van der Waals surface area (Å²) >= 11 is 0. The van der Waals surface area contributed by atoms with E-state index in [1.807, 2.05) is 95.8 Å². The van der Waals surface area contributed by atoms with E-state index in [0.717, 1.165) is 87.5 Å². The second kappa shape index (κ2) is 18.9. The third-order valence-electron chi connectivity index (χ3n) is 10.6. The van der Waals surface area contributed by atoms with Gasteiger partial charge in [0.1, 0.15) is 29.7 Å². The molecule has 1 N–H and O–H groups in total. The molecule has 0 aliphatic carbocycles. The summed E-state index contributed by atoms with van der Waals surface area (Å²) < 4.78 is 19.8. The molecule has 0 spiro atoms. The van der Waals surface area contributed by atoms with Crippen LogP contribution in [0.3, 0.4) is 0 Å². The summed E-state index contributed by atoms with van der Waals surface area (Å²) in [6.45, 7) is 12.3. The molecule has 0 amide bonds. The van der Waals surface area contributed by atoms with Crippen LogP contribution in [0, 0.1) is 0 Å². The average molecular weight is 817 g/mol. The lowest BCUT2D eigenvalue weighted by Crippen LogP contribution is -2.22. The third-order valence-corrected chi connectivity index (χ3v) is 12.3. The van der Waals surface area contributed by atoms with Crippen LogP contribution in [0.5, 0.6) is 23.0 Å². The minimum Gasteiger partial charge on any atom is -0.457 e. The minimum absolute atomic E-state index is 0.0654. The van der Waals surface area contributed by atoms with Crippen molar-refractivity contribution in [2.75, 3.05) is 26.2 Å². The molecular weight excluding hydrogens is 765 g/mol. The van der Waals surface area contributed by atoms with Gasteiger partial charge >= 0.3 is 0 Å². The number of pyridine rings is 2. The van der Waals surface area contributed by atoms with Crippen LogP contribution < -0.4 is 9.47 Å². The number of allylic oxidation sites excluding steroid dienone is 1. The molecule has 2 aliphatic heterocycles. The molecule has 2 aliphatic rings. The van der Waals surface area contributed by atoms with E-state index in [1.54, 1.807) is 6.20 Å². The van der Waals surface area contributed by atoms with Gasteiger partial charge in [0.2, 0.25) is 0 Å². The van der Waals surface area contributed by atoms with Crippen molar-refractivity contribution in [3.05, 3.63) is 144 Å². The number of rotatable bonds is 14. The zero-order valence-corrected chi connectivity index (χ0v) is 35.6. The molecule has 4 aromatic carbocycles. The van der Waals surface area contributed by atoms with Gasteiger partial charge in [0, 0.05) is 50.0 Å². The van der Waals surface area contributed by atoms with Gasteiger partial charge in [-0.2, -0.15) is 5.10 Å². The molecule has 7 aromatic rings. The lowest BCUT2D eigenvalue weighted by molar-refractivity contribution is 0.0798. The Kier molecular flexibility index (Phi) is 12.9. The van der Waals surface area contributed by atoms with E-state index in [0.29, 0.717) is 12.4 Å². The number of aliphatic hydroxyl groups is 1. The standard InChI is InChI=1S/C25H29N3O3Si.C24H23N3O/c1-32(2,3)15-14-30-18-28-25(12-13-26-28)19-5-8-22(9-6-19)31-23-10-11-24-20(16-23)4-7-21(17-29)27-24;1-2-14-27(13-1)17-21-6-3-19-15-23(9-10-24(19)26-21)28-22-7-4-18(5-8-22)20-11-12-25-16-20/h4-13,16,29H,14-15,17-18H2,1-3H3;3-12,15H,1-2,13-14,16-17H2. The maximum Gasteiger partial charge on any atom is 0.139 e. The van der Waals surface area contributed by atoms with E-state index >= 15 is 0 Å². The summed E-state index contributed by atoms with van der Waals surface area (Å²) in [4.78, 5) is 15.9. The predicted molar refractivity (Wildman–Crippen MR) is 244 cm³/mol. The van der Waals surface area contributed by atoms with Crippen molar-refractivity contribution < 1.29 is 19.3 Å². The van der Waals surface area contributed by atoms with E-state index < -0.39 is 8.07 Å². The summed E-state index contributed by atoms with van der Waals surface area (Å²) in [5, 5.41) is 15.7. The highest BCUT2D eigenvalue weighted by Crippen LogP contribution is 2.30. The second-order valence-corrected chi connectivity index (χ2v) is 22.1. The fourth-order valence-electron chi connectivity index (χ4n) is 7.21. The van der Waals surface area contributed by atoms with Crippen LogP contribution in [0.4, 0.5) is 0 Å². The number of aliphatic imine (C=N–C) groups is 1. The zero-order chi connectivity index (χ0) is 41.3. The van der Waals surface area contributed by atoms with Crippen LogP contribution in [-0.2, 0) is 24.6 Å². The Morgan fingerprint density at radius 1 is 0.667 bits per heavy atom. The average Bonchev–Trinajstić information content (AvgIpc) is 4.08. The molecule has 1 saturated heterocycles. The van der Waals surface area contributed by atoms with Gasteiger partial charge in [-0.25, -0.2) is 4.68 Å². The number of nitrogens with zero attached hydrogens (tertiary/aromatic N) is 6. The Morgan fingerprint density at radius 2 is 1.27 bits per heavy atom. The van der Waals surface area contributed by atoms with E-state index in [9.17, 15) is 5.11 Å². The topological polar surface area (TPSA) is 107 Å². The first kappa shape index (κ1) is 40.8.